The molecule has 2 rings (SSSR count). The highest BCUT2D eigenvalue weighted by atomic mass is 32.1. The van der Waals surface area contributed by atoms with Crippen LogP contribution in [0.3, 0.4) is 0 Å². The molecule has 0 radical (unpaired) electrons. The molecule has 20 heavy (non-hydrogen) atoms. The summed E-state index contributed by atoms with van der Waals surface area (Å²) >= 11 is 0.948. The predicted molar refractivity (Wildman–Crippen MR) is 74.8 cm³/mol. The van der Waals surface area contributed by atoms with Gasteiger partial charge in [0, 0.05) is 10.9 Å². The van der Waals surface area contributed by atoms with Crippen LogP contribution in [0.5, 0.6) is 11.5 Å². The van der Waals surface area contributed by atoms with Crippen LogP contribution in [0.2, 0.25) is 0 Å². The zero-order chi connectivity index (χ0) is 14.7. The molecule has 0 saturated heterocycles. The lowest BCUT2D eigenvalue weighted by Gasteiger charge is -2.11. The molecule has 0 bridgehead atoms. The summed E-state index contributed by atoms with van der Waals surface area (Å²) in [5.74, 6) is 0.0673. The van der Waals surface area contributed by atoms with Gasteiger partial charge in [-0.2, -0.15) is 0 Å². The number of benzene rings is 1. The van der Waals surface area contributed by atoms with E-state index in [2.05, 4.69) is 0 Å². The van der Waals surface area contributed by atoms with Gasteiger partial charge in [0.25, 0.3) is 0 Å². The van der Waals surface area contributed by atoms with Gasteiger partial charge in [-0.05, 0) is 18.2 Å². The summed E-state index contributed by atoms with van der Waals surface area (Å²) in [5.41, 5.74) is 1.12. The summed E-state index contributed by atoms with van der Waals surface area (Å²) in [6, 6.07) is 5.15. The third-order valence-electron chi connectivity index (χ3n) is 2.76. The Kier molecular flexibility index (Phi) is 4.09. The fraction of sp³-hybridized carbons (Fsp3) is 0.231. The van der Waals surface area contributed by atoms with Crippen molar-refractivity contribution in [3.8, 4) is 22.8 Å². The number of nitrogens with zero attached hydrogens (tertiary/aromatic N) is 1. The minimum atomic E-state index is -1.08. The quantitative estimate of drug-likeness (QED) is 0.908. The van der Waals surface area contributed by atoms with E-state index in [1.807, 2.05) is 0 Å². The van der Waals surface area contributed by atoms with Gasteiger partial charge in [-0.15, -0.1) is 0 Å². The monoisotopic (exact) mass is 295 g/mol. The number of carbonyl (C=O) groups is 1. The van der Waals surface area contributed by atoms with Crippen molar-refractivity contribution in [2.24, 2.45) is 0 Å². The van der Waals surface area contributed by atoms with E-state index in [1.165, 1.54) is 18.8 Å². The van der Waals surface area contributed by atoms with E-state index in [9.17, 15) is 9.59 Å². The number of methoxy groups -OCH3 is 2. The second-order valence-corrected chi connectivity index (χ2v) is 4.75. The first-order valence-electron chi connectivity index (χ1n) is 5.69. The van der Waals surface area contributed by atoms with Crippen molar-refractivity contribution in [1.82, 2.24) is 4.57 Å². The molecule has 0 amide bonds. The van der Waals surface area contributed by atoms with Gasteiger partial charge in [0.05, 0.1) is 19.9 Å². The van der Waals surface area contributed by atoms with Gasteiger partial charge in [0.2, 0.25) is 0 Å². The molecule has 0 aliphatic heterocycles. The standard InChI is InChI=1S/C13H13NO5S/c1-18-8-3-4-11(19-2)9(5-8)10-7-20-13(17)14(10)6-12(15)16/h3-5,7H,6H2,1-2H3,(H,15,16). The molecule has 0 unspecified atom stereocenters. The Morgan fingerprint density at radius 3 is 2.70 bits per heavy atom. The largest absolute Gasteiger partial charge is 0.497 e. The Bertz CT molecular complexity index is 688. The maximum absolute atomic E-state index is 11.7. The lowest BCUT2D eigenvalue weighted by molar-refractivity contribution is -0.137. The maximum atomic E-state index is 11.7. The zero-order valence-electron chi connectivity index (χ0n) is 11.0. The van der Waals surface area contributed by atoms with E-state index in [-0.39, 0.29) is 4.87 Å². The number of carboxylic acids is 1. The molecule has 0 saturated carbocycles. The first-order chi connectivity index (χ1) is 9.56. The van der Waals surface area contributed by atoms with Crippen molar-refractivity contribution >= 4 is 17.3 Å². The van der Waals surface area contributed by atoms with E-state index < -0.39 is 12.5 Å². The molecule has 2 aromatic rings. The molecule has 0 spiro atoms. The van der Waals surface area contributed by atoms with Gasteiger partial charge in [-0.3, -0.25) is 14.2 Å². The SMILES string of the molecule is COc1ccc(OC)c(-c2csc(=O)n2CC(=O)O)c1. The van der Waals surface area contributed by atoms with Gasteiger partial charge >= 0.3 is 10.8 Å². The van der Waals surface area contributed by atoms with Crippen LogP contribution in [0.25, 0.3) is 11.3 Å². The van der Waals surface area contributed by atoms with Crippen LogP contribution >= 0.6 is 11.3 Å². The molecule has 0 aliphatic carbocycles. The van der Waals surface area contributed by atoms with E-state index in [0.29, 0.717) is 22.8 Å². The highest BCUT2D eigenvalue weighted by Crippen LogP contribution is 2.33. The van der Waals surface area contributed by atoms with Crippen LogP contribution in [0.1, 0.15) is 0 Å². The molecule has 6 nitrogen and oxygen atoms in total. The first kappa shape index (κ1) is 14.1. The molecule has 7 heteroatoms. The average Bonchev–Trinajstić information content (AvgIpc) is 2.79. The fourth-order valence-electron chi connectivity index (χ4n) is 1.84. The second-order valence-electron chi connectivity index (χ2n) is 3.93. The lowest BCUT2D eigenvalue weighted by atomic mass is 10.1. The number of rotatable bonds is 5. The van der Waals surface area contributed by atoms with Crippen LogP contribution in [0.4, 0.5) is 0 Å². The van der Waals surface area contributed by atoms with Crippen molar-refractivity contribution in [2.45, 2.75) is 6.54 Å². The van der Waals surface area contributed by atoms with Crippen molar-refractivity contribution in [3.05, 3.63) is 33.2 Å². The van der Waals surface area contributed by atoms with E-state index >= 15 is 0 Å². The summed E-state index contributed by atoms with van der Waals surface area (Å²) < 4.78 is 11.6. The third-order valence-corrected chi connectivity index (χ3v) is 3.52. The van der Waals surface area contributed by atoms with Gasteiger partial charge < -0.3 is 14.6 Å². The van der Waals surface area contributed by atoms with Crippen molar-refractivity contribution in [3.63, 3.8) is 0 Å². The van der Waals surface area contributed by atoms with Gasteiger partial charge in [0.15, 0.2) is 0 Å². The summed E-state index contributed by atoms with van der Waals surface area (Å²) in [6.45, 7) is -0.391. The average molecular weight is 295 g/mol. The highest BCUT2D eigenvalue weighted by Gasteiger charge is 2.16. The van der Waals surface area contributed by atoms with Crippen LogP contribution in [0.15, 0.2) is 28.4 Å². The van der Waals surface area contributed by atoms with Crippen LogP contribution in [0, 0.1) is 0 Å². The highest BCUT2D eigenvalue weighted by molar-refractivity contribution is 7.07. The summed E-state index contributed by atoms with van der Waals surface area (Å²) in [6.07, 6.45) is 0. The molecule has 1 heterocycles. The number of hydrogen-bond acceptors (Lipinski definition) is 5. The number of hydrogen-bond donors (Lipinski definition) is 1. The number of carboxylic acid groups (broad SMARTS) is 1. The number of thiazole rings is 1. The van der Waals surface area contributed by atoms with Crippen molar-refractivity contribution in [1.29, 1.82) is 0 Å². The number of aromatic nitrogens is 1. The number of ether oxygens (including phenoxy) is 2. The fourth-order valence-corrected chi connectivity index (χ4v) is 2.60. The predicted octanol–water partition coefficient (Wildman–Crippen LogP) is 1.68. The molecule has 0 fully saturated rings. The summed E-state index contributed by atoms with van der Waals surface area (Å²) in [7, 11) is 3.04. The summed E-state index contributed by atoms with van der Waals surface area (Å²) in [4.78, 5) is 22.3. The Morgan fingerprint density at radius 2 is 2.10 bits per heavy atom. The first-order valence-corrected chi connectivity index (χ1v) is 6.57. The molecule has 1 aromatic heterocycles. The smallest absolute Gasteiger partial charge is 0.323 e. The second kappa shape index (κ2) is 5.79. The van der Waals surface area contributed by atoms with Crippen LogP contribution in [-0.4, -0.2) is 29.9 Å². The van der Waals surface area contributed by atoms with Gasteiger partial charge in [-0.1, -0.05) is 11.3 Å². The number of aliphatic carboxylic acids is 1. The van der Waals surface area contributed by atoms with Crippen LogP contribution < -0.4 is 14.3 Å². The Balaban J connectivity index is 2.61. The Hall–Kier alpha value is -2.28. The third kappa shape index (κ3) is 2.67. The van der Waals surface area contributed by atoms with Crippen molar-refractivity contribution in [2.75, 3.05) is 14.2 Å². The minimum Gasteiger partial charge on any atom is -0.497 e. The normalized spacial score (nSPS) is 10.3. The topological polar surface area (TPSA) is 77.8 Å². The maximum Gasteiger partial charge on any atom is 0.323 e. The van der Waals surface area contributed by atoms with Crippen LogP contribution in [-0.2, 0) is 11.3 Å². The molecule has 106 valence electrons. The Labute approximate surface area is 118 Å². The van der Waals surface area contributed by atoms with Gasteiger partial charge in [-0.25, -0.2) is 0 Å². The minimum absolute atomic E-state index is 0.327. The lowest BCUT2D eigenvalue weighted by Crippen LogP contribution is -2.19. The molecule has 0 atom stereocenters. The van der Waals surface area contributed by atoms with E-state index in [0.717, 1.165) is 11.3 Å². The molecular formula is C13H13NO5S. The summed E-state index contributed by atoms with van der Waals surface area (Å²) in [5, 5.41) is 10.5. The van der Waals surface area contributed by atoms with Gasteiger partial charge in [0.1, 0.15) is 18.0 Å². The van der Waals surface area contributed by atoms with E-state index in [1.54, 1.807) is 23.6 Å². The molecule has 1 aromatic carbocycles. The zero-order valence-corrected chi connectivity index (χ0v) is 11.8. The molecule has 1 N–H and O–H groups in total. The van der Waals surface area contributed by atoms with E-state index in [4.69, 9.17) is 14.6 Å². The molecule has 0 aliphatic rings. The Morgan fingerprint density at radius 1 is 1.35 bits per heavy atom. The molecular weight excluding hydrogens is 282 g/mol. The van der Waals surface area contributed by atoms with Crippen molar-refractivity contribution < 1.29 is 19.4 Å².